The molecule has 1 amide bonds. The van der Waals surface area contributed by atoms with E-state index in [0.717, 1.165) is 12.8 Å². The Balaban J connectivity index is 1.81. The minimum Gasteiger partial charge on any atom is -0.435 e. The summed E-state index contributed by atoms with van der Waals surface area (Å²) < 4.78 is 33.5. The first-order chi connectivity index (χ1) is 10.6. The zero-order valence-electron chi connectivity index (χ0n) is 12.0. The van der Waals surface area contributed by atoms with Crippen LogP contribution >= 0.6 is 0 Å². The van der Waals surface area contributed by atoms with Crippen molar-refractivity contribution in [3.05, 3.63) is 29.8 Å². The van der Waals surface area contributed by atoms with Gasteiger partial charge in [0.1, 0.15) is 5.75 Å². The number of amides is 1. The van der Waals surface area contributed by atoms with Crippen molar-refractivity contribution in [3.63, 3.8) is 0 Å². The van der Waals surface area contributed by atoms with Crippen LogP contribution in [0.5, 0.6) is 5.75 Å². The molecule has 1 unspecified atom stereocenters. The largest absolute Gasteiger partial charge is 0.435 e. The van der Waals surface area contributed by atoms with Crippen LogP contribution in [0.15, 0.2) is 24.3 Å². The number of alkyl halides is 2. The number of carbonyl (C=O) groups is 1. The van der Waals surface area contributed by atoms with Gasteiger partial charge in [0.05, 0.1) is 6.10 Å². The van der Waals surface area contributed by atoms with E-state index < -0.39 is 12.7 Å². The van der Waals surface area contributed by atoms with Gasteiger partial charge in [-0.15, -0.1) is 0 Å². The third-order valence-electron chi connectivity index (χ3n) is 3.62. The topological polar surface area (TPSA) is 67.8 Å². The van der Waals surface area contributed by atoms with Gasteiger partial charge in [-0.3, -0.25) is 4.79 Å². The predicted octanol–water partition coefficient (Wildman–Crippen LogP) is 1.81. The lowest BCUT2D eigenvalue weighted by molar-refractivity contribution is -0.0498. The molecule has 1 aliphatic heterocycles. The number of benzene rings is 1. The average Bonchev–Trinajstić information content (AvgIpc) is 2.53. The quantitative estimate of drug-likeness (QED) is 0.840. The maximum absolute atomic E-state index is 12.0. The Bertz CT molecular complexity index is 475. The van der Waals surface area contributed by atoms with Gasteiger partial charge in [0.2, 0.25) is 0 Å². The number of carbonyl (C=O) groups excluding carboxylic acids is 1. The summed E-state index contributed by atoms with van der Waals surface area (Å²) in [6.07, 6.45) is 0.933. The van der Waals surface area contributed by atoms with Gasteiger partial charge in [-0.1, -0.05) is 0 Å². The van der Waals surface area contributed by atoms with E-state index >= 15 is 0 Å². The van der Waals surface area contributed by atoms with Gasteiger partial charge in [0, 0.05) is 25.3 Å². The van der Waals surface area contributed by atoms with Crippen LogP contribution in [0.3, 0.4) is 0 Å². The fourth-order valence-corrected chi connectivity index (χ4v) is 2.35. The Morgan fingerprint density at radius 2 is 1.95 bits per heavy atom. The van der Waals surface area contributed by atoms with Crippen LogP contribution in [0.25, 0.3) is 0 Å². The van der Waals surface area contributed by atoms with Crippen molar-refractivity contribution >= 4 is 5.91 Å². The smallest absolute Gasteiger partial charge is 0.387 e. The molecule has 1 aromatic rings. The van der Waals surface area contributed by atoms with E-state index in [0.29, 0.717) is 18.8 Å². The van der Waals surface area contributed by atoms with E-state index in [1.807, 2.05) is 0 Å². The van der Waals surface area contributed by atoms with Crippen molar-refractivity contribution in [2.45, 2.75) is 25.6 Å². The number of halogens is 2. The molecule has 5 nitrogen and oxygen atoms in total. The summed E-state index contributed by atoms with van der Waals surface area (Å²) in [4.78, 5) is 11.9. The number of nitrogens with one attached hydrogen (secondary N) is 1. The SMILES string of the molecule is O=C(NCC(O)C1CCOCC1)c1ccc(OC(F)F)cc1. The van der Waals surface area contributed by atoms with Gasteiger partial charge in [-0.25, -0.2) is 0 Å². The van der Waals surface area contributed by atoms with E-state index in [9.17, 15) is 18.7 Å². The zero-order chi connectivity index (χ0) is 15.9. The lowest BCUT2D eigenvalue weighted by Crippen LogP contribution is -2.38. The first kappa shape index (κ1) is 16.6. The van der Waals surface area contributed by atoms with E-state index in [1.165, 1.54) is 24.3 Å². The number of aliphatic hydroxyl groups excluding tert-OH is 1. The Labute approximate surface area is 127 Å². The Morgan fingerprint density at radius 1 is 1.32 bits per heavy atom. The standard InChI is InChI=1S/C15H19F2NO4/c16-15(17)22-12-3-1-11(2-4-12)14(20)18-9-13(19)10-5-7-21-8-6-10/h1-4,10,13,15,19H,5-9H2,(H,18,20). The van der Waals surface area contributed by atoms with Crippen LogP contribution in [-0.4, -0.2) is 43.5 Å². The van der Waals surface area contributed by atoms with Crippen LogP contribution < -0.4 is 10.1 Å². The molecule has 1 aromatic carbocycles. The molecule has 22 heavy (non-hydrogen) atoms. The van der Waals surface area contributed by atoms with Gasteiger partial charge in [-0.2, -0.15) is 8.78 Å². The van der Waals surface area contributed by atoms with Crippen molar-refractivity contribution in [1.29, 1.82) is 0 Å². The fraction of sp³-hybridized carbons (Fsp3) is 0.533. The summed E-state index contributed by atoms with van der Waals surface area (Å²) in [6.45, 7) is -1.49. The lowest BCUT2D eigenvalue weighted by atomic mass is 9.94. The molecule has 1 fully saturated rings. The molecule has 0 aliphatic carbocycles. The highest BCUT2D eigenvalue weighted by molar-refractivity contribution is 5.94. The first-order valence-electron chi connectivity index (χ1n) is 7.15. The number of ether oxygens (including phenoxy) is 2. The molecule has 0 saturated carbocycles. The van der Waals surface area contributed by atoms with E-state index in [4.69, 9.17) is 4.74 Å². The lowest BCUT2D eigenvalue weighted by Gasteiger charge is -2.26. The van der Waals surface area contributed by atoms with Crippen molar-refractivity contribution in [3.8, 4) is 5.75 Å². The highest BCUT2D eigenvalue weighted by atomic mass is 19.3. The highest BCUT2D eigenvalue weighted by Gasteiger charge is 2.22. The van der Waals surface area contributed by atoms with Crippen molar-refractivity contribution in [1.82, 2.24) is 5.32 Å². The second-order valence-corrected chi connectivity index (χ2v) is 5.13. The third-order valence-corrected chi connectivity index (χ3v) is 3.62. The van der Waals surface area contributed by atoms with Gasteiger partial charge in [0.15, 0.2) is 0 Å². The second-order valence-electron chi connectivity index (χ2n) is 5.13. The minimum atomic E-state index is -2.89. The van der Waals surface area contributed by atoms with Crippen LogP contribution in [0.2, 0.25) is 0 Å². The summed E-state index contributed by atoms with van der Waals surface area (Å²) in [5.41, 5.74) is 0.320. The predicted molar refractivity (Wildman–Crippen MR) is 75.0 cm³/mol. The minimum absolute atomic E-state index is 0.00575. The van der Waals surface area contributed by atoms with E-state index in [2.05, 4.69) is 10.1 Å². The van der Waals surface area contributed by atoms with E-state index in [-0.39, 0.29) is 24.1 Å². The number of rotatable bonds is 6. The molecule has 2 rings (SSSR count). The molecular formula is C15H19F2NO4. The zero-order valence-corrected chi connectivity index (χ0v) is 12.0. The molecule has 0 spiro atoms. The fourth-order valence-electron chi connectivity index (χ4n) is 2.35. The molecule has 1 saturated heterocycles. The molecule has 0 bridgehead atoms. The maximum Gasteiger partial charge on any atom is 0.387 e. The van der Waals surface area contributed by atoms with E-state index in [1.54, 1.807) is 0 Å². The molecular weight excluding hydrogens is 296 g/mol. The monoisotopic (exact) mass is 315 g/mol. The Kier molecular flexibility index (Phi) is 6.09. The molecule has 0 aromatic heterocycles. The van der Waals surface area contributed by atoms with Gasteiger partial charge < -0.3 is 19.9 Å². The number of hydrogen-bond acceptors (Lipinski definition) is 4. The van der Waals surface area contributed by atoms with Crippen LogP contribution in [0.1, 0.15) is 23.2 Å². The molecule has 1 atom stereocenters. The molecule has 2 N–H and O–H groups in total. The summed E-state index contributed by atoms with van der Waals surface area (Å²) >= 11 is 0. The average molecular weight is 315 g/mol. The number of hydrogen-bond donors (Lipinski definition) is 2. The van der Waals surface area contributed by atoms with Crippen LogP contribution in [0.4, 0.5) is 8.78 Å². The Morgan fingerprint density at radius 3 is 2.55 bits per heavy atom. The van der Waals surface area contributed by atoms with Crippen LogP contribution in [0, 0.1) is 5.92 Å². The van der Waals surface area contributed by atoms with Gasteiger partial charge >= 0.3 is 6.61 Å². The van der Waals surface area contributed by atoms with Gasteiger partial charge in [0.25, 0.3) is 5.91 Å². The maximum atomic E-state index is 12.0. The Hall–Kier alpha value is -1.73. The molecule has 1 aliphatic rings. The summed E-state index contributed by atoms with van der Waals surface area (Å²) in [5, 5.41) is 12.7. The first-order valence-corrected chi connectivity index (χ1v) is 7.15. The van der Waals surface area contributed by atoms with Gasteiger partial charge in [-0.05, 0) is 43.0 Å². The second kappa shape index (κ2) is 8.05. The summed E-state index contributed by atoms with van der Waals surface area (Å²) in [6, 6.07) is 5.40. The normalized spacial score (nSPS) is 17.3. The summed E-state index contributed by atoms with van der Waals surface area (Å²) in [7, 11) is 0. The van der Waals surface area contributed by atoms with Crippen molar-refractivity contribution in [2.75, 3.05) is 19.8 Å². The highest BCUT2D eigenvalue weighted by Crippen LogP contribution is 2.18. The van der Waals surface area contributed by atoms with Crippen molar-refractivity contribution in [2.24, 2.45) is 5.92 Å². The third kappa shape index (κ3) is 4.92. The van der Waals surface area contributed by atoms with Crippen molar-refractivity contribution < 1.29 is 28.2 Å². The number of aliphatic hydroxyl groups is 1. The molecule has 0 radical (unpaired) electrons. The molecule has 122 valence electrons. The molecule has 1 heterocycles. The summed E-state index contributed by atoms with van der Waals surface area (Å²) in [5.74, 6) is -0.251. The van der Waals surface area contributed by atoms with Crippen LogP contribution in [-0.2, 0) is 4.74 Å². The molecule has 7 heteroatoms.